The van der Waals surface area contributed by atoms with Crippen LogP contribution in [0.4, 0.5) is 5.69 Å². The average molecular weight is 286 g/mol. The minimum Gasteiger partial charge on any atom is -0.361 e. The summed E-state index contributed by atoms with van der Waals surface area (Å²) in [6.07, 6.45) is 3.35. The van der Waals surface area contributed by atoms with Crippen molar-refractivity contribution in [2.24, 2.45) is 0 Å². The predicted octanol–water partition coefficient (Wildman–Crippen LogP) is 3.78. The molecule has 0 atom stereocenters. The van der Waals surface area contributed by atoms with Gasteiger partial charge in [0.2, 0.25) is 0 Å². The molecule has 1 aromatic carbocycles. The van der Waals surface area contributed by atoms with Crippen LogP contribution in [0.5, 0.6) is 0 Å². The van der Waals surface area contributed by atoms with E-state index in [1.807, 2.05) is 37.4 Å². The zero-order valence-electron chi connectivity index (χ0n) is 10.8. The third-order valence-corrected chi connectivity index (χ3v) is 3.36. The van der Waals surface area contributed by atoms with Crippen molar-refractivity contribution in [1.29, 1.82) is 0 Å². The Labute approximate surface area is 120 Å². The minimum atomic E-state index is -0.266. The number of benzene rings is 1. The highest BCUT2D eigenvalue weighted by Crippen LogP contribution is 2.20. The highest BCUT2D eigenvalue weighted by atomic mass is 35.5. The lowest BCUT2D eigenvalue weighted by Gasteiger charge is -2.07. The van der Waals surface area contributed by atoms with E-state index in [1.54, 1.807) is 6.07 Å². The summed E-state index contributed by atoms with van der Waals surface area (Å²) in [6.45, 7) is 1.83. The van der Waals surface area contributed by atoms with Crippen molar-refractivity contribution in [1.82, 2.24) is 9.97 Å². The van der Waals surface area contributed by atoms with Gasteiger partial charge in [-0.3, -0.25) is 9.78 Å². The normalized spacial score (nSPS) is 10.7. The van der Waals surface area contributed by atoms with E-state index in [0.29, 0.717) is 10.6 Å². The van der Waals surface area contributed by atoms with Crippen molar-refractivity contribution in [3.8, 4) is 0 Å². The highest BCUT2D eigenvalue weighted by Gasteiger charge is 2.11. The molecule has 1 amide bonds. The molecule has 0 aliphatic carbocycles. The number of carbonyl (C=O) groups is 1. The molecule has 0 saturated carbocycles. The number of H-pyrrole nitrogens is 1. The van der Waals surface area contributed by atoms with Crippen molar-refractivity contribution in [2.45, 2.75) is 6.92 Å². The minimum absolute atomic E-state index is 0.266. The van der Waals surface area contributed by atoms with Gasteiger partial charge in [-0.15, -0.1) is 0 Å². The summed E-state index contributed by atoms with van der Waals surface area (Å²) in [5.74, 6) is -0.266. The molecule has 4 nitrogen and oxygen atoms in total. The molecule has 2 heterocycles. The van der Waals surface area contributed by atoms with Crippen LogP contribution in [0.25, 0.3) is 10.9 Å². The number of rotatable bonds is 2. The summed E-state index contributed by atoms with van der Waals surface area (Å²) in [6, 6.07) is 9.28. The zero-order chi connectivity index (χ0) is 14.1. The molecule has 3 rings (SSSR count). The lowest BCUT2D eigenvalue weighted by Crippen LogP contribution is -2.13. The number of nitrogens with one attached hydrogen (secondary N) is 2. The molecule has 0 aliphatic rings. The third-order valence-electron chi connectivity index (χ3n) is 3.05. The Hall–Kier alpha value is -2.33. The molecule has 5 heteroatoms. The molecule has 2 N–H and O–H groups in total. The quantitative estimate of drug-likeness (QED) is 0.753. The van der Waals surface area contributed by atoms with Crippen LogP contribution in [-0.2, 0) is 0 Å². The van der Waals surface area contributed by atoms with E-state index in [2.05, 4.69) is 15.3 Å². The maximum atomic E-state index is 12.2. The number of aromatic nitrogens is 2. The van der Waals surface area contributed by atoms with Gasteiger partial charge in [0, 0.05) is 34.7 Å². The number of anilines is 1. The van der Waals surface area contributed by atoms with Crippen LogP contribution >= 0.6 is 11.6 Å². The van der Waals surface area contributed by atoms with E-state index in [1.165, 1.54) is 6.20 Å². The third kappa shape index (κ3) is 2.38. The standard InChI is InChI=1S/C15H12ClN3O/c1-9-6-13(16)12(8-18-9)15(20)19-11-2-3-14-10(7-11)4-5-17-14/h2-8,17H,1H3,(H,19,20). The van der Waals surface area contributed by atoms with Gasteiger partial charge in [0.25, 0.3) is 5.91 Å². The lowest BCUT2D eigenvalue weighted by atomic mass is 10.2. The number of aromatic amines is 1. The molecular weight excluding hydrogens is 274 g/mol. The number of pyridine rings is 1. The van der Waals surface area contributed by atoms with Gasteiger partial charge in [-0.05, 0) is 37.3 Å². The Balaban J connectivity index is 1.87. The number of fused-ring (bicyclic) bond motifs is 1. The topological polar surface area (TPSA) is 57.8 Å². The van der Waals surface area contributed by atoms with Crippen LogP contribution < -0.4 is 5.32 Å². The summed E-state index contributed by atoms with van der Waals surface area (Å²) >= 11 is 6.06. The van der Waals surface area contributed by atoms with Crippen LogP contribution in [0.2, 0.25) is 5.02 Å². The number of nitrogens with zero attached hydrogens (tertiary/aromatic N) is 1. The first-order valence-corrected chi connectivity index (χ1v) is 6.52. The number of amides is 1. The van der Waals surface area contributed by atoms with Crippen LogP contribution in [0.1, 0.15) is 16.1 Å². The van der Waals surface area contributed by atoms with Gasteiger partial charge in [-0.25, -0.2) is 0 Å². The second kappa shape index (κ2) is 4.98. The van der Waals surface area contributed by atoms with Gasteiger partial charge < -0.3 is 10.3 Å². The number of hydrogen-bond donors (Lipinski definition) is 2. The van der Waals surface area contributed by atoms with Crippen LogP contribution in [0, 0.1) is 6.92 Å². The number of hydrogen-bond acceptors (Lipinski definition) is 2. The van der Waals surface area contributed by atoms with E-state index in [-0.39, 0.29) is 5.91 Å². The number of carbonyl (C=O) groups excluding carboxylic acids is 1. The molecule has 3 aromatic rings. The van der Waals surface area contributed by atoms with Crippen molar-refractivity contribution in [2.75, 3.05) is 5.32 Å². The predicted molar refractivity (Wildman–Crippen MR) is 80.2 cm³/mol. The van der Waals surface area contributed by atoms with Gasteiger partial charge in [-0.2, -0.15) is 0 Å². The lowest BCUT2D eigenvalue weighted by molar-refractivity contribution is 0.102. The first-order chi connectivity index (χ1) is 9.63. The number of aryl methyl sites for hydroxylation is 1. The molecule has 100 valence electrons. The Kier molecular flexibility index (Phi) is 3.16. The van der Waals surface area contributed by atoms with E-state index in [9.17, 15) is 4.79 Å². The largest absolute Gasteiger partial charge is 0.361 e. The first kappa shape index (κ1) is 12.7. The first-order valence-electron chi connectivity index (χ1n) is 6.14. The van der Waals surface area contributed by atoms with Crippen molar-refractivity contribution < 1.29 is 4.79 Å². The fraction of sp³-hybridized carbons (Fsp3) is 0.0667. The van der Waals surface area contributed by atoms with Crippen molar-refractivity contribution >= 4 is 34.1 Å². The smallest absolute Gasteiger partial charge is 0.258 e. The molecule has 20 heavy (non-hydrogen) atoms. The maximum absolute atomic E-state index is 12.2. The Bertz CT molecular complexity index is 795. The van der Waals surface area contributed by atoms with Gasteiger partial charge in [-0.1, -0.05) is 11.6 Å². The Morgan fingerprint density at radius 2 is 2.15 bits per heavy atom. The molecule has 0 radical (unpaired) electrons. The summed E-state index contributed by atoms with van der Waals surface area (Å²) in [7, 11) is 0. The molecule has 0 unspecified atom stereocenters. The molecule has 0 bridgehead atoms. The van der Waals surface area contributed by atoms with Crippen molar-refractivity contribution in [3.05, 3.63) is 59.0 Å². The molecule has 0 aliphatic heterocycles. The second-order valence-electron chi connectivity index (χ2n) is 4.54. The summed E-state index contributed by atoms with van der Waals surface area (Å²) < 4.78 is 0. The Morgan fingerprint density at radius 3 is 2.95 bits per heavy atom. The molecule has 0 spiro atoms. The monoisotopic (exact) mass is 285 g/mol. The van der Waals surface area contributed by atoms with Gasteiger partial charge in [0.15, 0.2) is 0 Å². The van der Waals surface area contributed by atoms with E-state index in [0.717, 1.165) is 22.3 Å². The second-order valence-corrected chi connectivity index (χ2v) is 4.95. The summed E-state index contributed by atoms with van der Waals surface area (Å²) in [4.78, 5) is 19.4. The molecule has 0 fully saturated rings. The summed E-state index contributed by atoms with van der Waals surface area (Å²) in [5, 5.41) is 4.26. The average Bonchev–Trinajstić information content (AvgIpc) is 2.85. The van der Waals surface area contributed by atoms with Crippen LogP contribution in [-0.4, -0.2) is 15.9 Å². The molecule has 0 saturated heterocycles. The fourth-order valence-corrected chi connectivity index (χ4v) is 2.32. The highest BCUT2D eigenvalue weighted by molar-refractivity contribution is 6.34. The Morgan fingerprint density at radius 1 is 1.30 bits per heavy atom. The number of halogens is 1. The summed E-state index contributed by atoms with van der Waals surface area (Å²) in [5.41, 5.74) is 2.89. The molecule has 2 aromatic heterocycles. The van der Waals surface area contributed by atoms with Crippen LogP contribution in [0.3, 0.4) is 0 Å². The van der Waals surface area contributed by atoms with E-state index in [4.69, 9.17) is 11.6 Å². The van der Waals surface area contributed by atoms with Crippen molar-refractivity contribution in [3.63, 3.8) is 0 Å². The molecular formula is C15H12ClN3O. The zero-order valence-corrected chi connectivity index (χ0v) is 11.5. The van der Waals surface area contributed by atoms with Gasteiger partial charge in [0.1, 0.15) is 0 Å². The maximum Gasteiger partial charge on any atom is 0.258 e. The van der Waals surface area contributed by atoms with E-state index >= 15 is 0 Å². The van der Waals surface area contributed by atoms with E-state index < -0.39 is 0 Å². The SMILES string of the molecule is Cc1cc(Cl)c(C(=O)Nc2ccc3[nH]ccc3c2)cn1. The van der Waals surface area contributed by atoms with Gasteiger partial charge in [0.05, 0.1) is 10.6 Å². The van der Waals surface area contributed by atoms with Gasteiger partial charge >= 0.3 is 0 Å². The van der Waals surface area contributed by atoms with Crippen LogP contribution in [0.15, 0.2) is 42.7 Å². The fourth-order valence-electron chi connectivity index (χ4n) is 2.02.